The van der Waals surface area contributed by atoms with Gasteiger partial charge < -0.3 is 14.8 Å². The van der Waals surface area contributed by atoms with Gasteiger partial charge in [0.2, 0.25) is 5.91 Å². The van der Waals surface area contributed by atoms with Crippen molar-refractivity contribution in [1.29, 1.82) is 0 Å². The molecule has 0 bridgehead atoms. The largest absolute Gasteiger partial charge is 0.497 e. The van der Waals surface area contributed by atoms with Gasteiger partial charge in [0, 0.05) is 19.2 Å². The van der Waals surface area contributed by atoms with Crippen molar-refractivity contribution in [3.63, 3.8) is 0 Å². The average Bonchev–Trinajstić information content (AvgIpc) is 2.63. The number of carbonyl (C=O) groups excluding carboxylic acids is 1. The molecule has 140 valence electrons. The summed E-state index contributed by atoms with van der Waals surface area (Å²) in [5, 5.41) is 2.86. The Morgan fingerprint density at radius 2 is 1.62 bits per heavy atom. The fourth-order valence-electron chi connectivity index (χ4n) is 2.24. The zero-order valence-electron chi connectivity index (χ0n) is 14.9. The van der Waals surface area contributed by atoms with E-state index in [1.165, 1.54) is 12.1 Å². The predicted molar refractivity (Wildman–Crippen MR) is 99.1 cm³/mol. The van der Waals surface area contributed by atoms with Crippen LogP contribution >= 0.6 is 0 Å². The Morgan fingerprint density at radius 3 is 2.19 bits per heavy atom. The summed E-state index contributed by atoms with van der Waals surface area (Å²) in [5.41, 5.74) is 1.00. The molecule has 0 aliphatic rings. The third kappa shape index (κ3) is 6.40. The molecule has 1 N–H and O–H groups in total. The molecule has 2 aromatic carbocycles. The first-order valence-electron chi connectivity index (χ1n) is 8.21. The number of benzene rings is 2. The van der Waals surface area contributed by atoms with Gasteiger partial charge in [-0.3, -0.25) is 4.79 Å². The lowest BCUT2D eigenvalue weighted by atomic mass is 10.2. The maximum absolute atomic E-state index is 11.8. The number of hydrogen-bond acceptors (Lipinski definition) is 5. The van der Waals surface area contributed by atoms with E-state index in [4.69, 9.17) is 9.47 Å². The van der Waals surface area contributed by atoms with Crippen molar-refractivity contribution in [2.24, 2.45) is 0 Å². The van der Waals surface area contributed by atoms with Gasteiger partial charge in [-0.15, -0.1) is 0 Å². The van der Waals surface area contributed by atoms with Crippen LogP contribution in [-0.4, -0.2) is 34.3 Å². The number of nitrogens with one attached hydrogen (secondary N) is 1. The number of methoxy groups -OCH3 is 1. The summed E-state index contributed by atoms with van der Waals surface area (Å²) >= 11 is 0. The monoisotopic (exact) mass is 377 g/mol. The maximum atomic E-state index is 11.8. The van der Waals surface area contributed by atoms with Gasteiger partial charge in [-0.1, -0.05) is 12.1 Å². The molecule has 0 unspecified atom stereocenters. The molecule has 1 amide bonds. The molecule has 0 aliphatic carbocycles. The first kappa shape index (κ1) is 19.8. The van der Waals surface area contributed by atoms with Gasteiger partial charge in [0.15, 0.2) is 9.84 Å². The second-order valence-corrected chi connectivity index (χ2v) is 7.84. The van der Waals surface area contributed by atoms with E-state index in [1.54, 1.807) is 19.2 Å². The summed E-state index contributed by atoms with van der Waals surface area (Å²) in [4.78, 5) is 12.1. The molecule has 0 aliphatic heterocycles. The molecule has 0 aromatic heterocycles. The van der Waals surface area contributed by atoms with E-state index in [9.17, 15) is 13.2 Å². The summed E-state index contributed by atoms with van der Waals surface area (Å²) in [6.45, 7) is 0.852. The van der Waals surface area contributed by atoms with Crippen molar-refractivity contribution in [1.82, 2.24) is 5.32 Å². The summed E-state index contributed by atoms with van der Waals surface area (Å²) in [5.74, 6) is 1.31. The van der Waals surface area contributed by atoms with Crippen molar-refractivity contribution in [2.75, 3.05) is 20.0 Å². The molecule has 2 aromatic rings. The standard InChI is InChI=1S/C19H23NO5S/c1-24-16-7-5-15(6-8-16)14-20-19(21)4-3-13-25-17-9-11-18(12-10-17)26(2,22)23/h5-12H,3-4,13-14H2,1-2H3,(H,20,21). The van der Waals surface area contributed by atoms with Crippen LogP contribution in [0.5, 0.6) is 11.5 Å². The predicted octanol–water partition coefficient (Wildman–Crippen LogP) is 2.57. The zero-order chi connectivity index (χ0) is 19.0. The van der Waals surface area contributed by atoms with Gasteiger partial charge >= 0.3 is 0 Å². The van der Waals surface area contributed by atoms with Crippen LogP contribution in [0.2, 0.25) is 0 Å². The van der Waals surface area contributed by atoms with E-state index >= 15 is 0 Å². The lowest BCUT2D eigenvalue weighted by Gasteiger charge is -2.08. The number of carbonyl (C=O) groups is 1. The molecular weight excluding hydrogens is 354 g/mol. The smallest absolute Gasteiger partial charge is 0.220 e. The van der Waals surface area contributed by atoms with Crippen LogP contribution in [0, 0.1) is 0 Å². The van der Waals surface area contributed by atoms with E-state index in [1.807, 2.05) is 24.3 Å². The molecule has 0 saturated carbocycles. The SMILES string of the molecule is COc1ccc(CNC(=O)CCCOc2ccc(S(C)(=O)=O)cc2)cc1. The maximum Gasteiger partial charge on any atom is 0.220 e. The molecule has 0 fully saturated rings. The second kappa shape index (κ2) is 9.24. The Morgan fingerprint density at radius 1 is 1.00 bits per heavy atom. The minimum absolute atomic E-state index is 0.0446. The van der Waals surface area contributed by atoms with Crippen molar-refractivity contribution in [3.05, 3.63) is 54.1 Å². The van der Waals surface area contributed by atoms with E-state index in [0.29, 0.717) is 31.7 Å². The average molecular weight is 377 g/mol. The summed E-state index contributed by atoms with van der Waals surface area (Å²) in [6.07, 6.45) is 2.09. The molecule has 0 atom stereocenters. The highest BCUT2D eigenvalue weighted by molar-refractivity contribution is 7.90. The van der Waals surface area contributed by atoms with E-state index < -0.39 is 9.84 Å². The Bertz CT molecular complexity index is 814. The topological polar surface area (TPSA) is 81.7 Å². The lowest BCUT2D eigenvalue weighted by molar-refractivity contribution is -0.121. The minimum Gasteiger partial charge on any atom is -0.497 e. The van der Waals surface area contributed by atoms with Crippen LogP contribution < -0.4 is 14.8 Å². The van der Waals surface area contributed by atoms with Gasteiger partial charge in [-0.05, 0) is 48.4 Å². The number of ether oxygens (including phenoxy) is 2. The van der Waals surface area contributed by atoms with Crippen molar-refractivity contribution in [2.45, 2.75) is 24.3 Å². The van der Waals surface area contributed by atoms with Crippen LogP contribution in [0.15, 0.2) is 53.4 Å². The number of hydrogen-bond donors (Lipinski definition) is 1. The molecule has 7 heteroatoms. The molecular formula is C19H23NO5S. The fraction of sp³-hybridized carbons (Fsp3) is 0.316. The first-order valence-corrected chi connectivity index (χ1v) is 10.1. The number of rotatable bonds is 9. The van der Waals surface area contributed by atoms with Gasteiger partial charge in [-0.25, -0.2) is 8.42 Å². The van der Waals surface area contributed by atoms with Crippen LogP contribution in [0.4, 0.5) is 0 Å². The number of amides is 1. The summed E-state index contributed by atoms with van der Waals surface area (Å²) < 4.78 is 33.4. The fourth-order valence-corrected chi connectivity index (χ4v) is 2.87. The summed E-state index contributed by atoms with van der Waals surface area (Å²) in [6, 6.07) is 13.7. The Kier molecular flexibility index (Phi) is 7.03. The molecule has 0 radical (unpaired) electrons. The van der Waals surface area contributed by atoms with Gasteiger partial charge in [0.25, 0.3) is 0 Å². The Hall–Kier alpha value is -2.54. The van der Waals surface area contributed by atoms with E-state index in [2.05, 4.69) is 5.32 Å². The molecule has 6 nitrogen and oxygen atoms in total. The van der Waals surface area contributed by atoms with E-state index in [0.717, 1.165) is 17.6 Å². The highest BCUT2D eigenvalue weighted by atomic mass is 32.2. The van der Waals surface area contributed by atoms with Gasteiger partial charge in [0.1, 0.15) is 11.5 Å². The number of sulfone groups is 1. The van der Waals surface area contributed by atoms with Crippen molar-refractivity contribution >= 4 is 15.7 Å². The third-order valence-electron chi connectivity index (χ3n) is 3.72. The Labute approximate surface area is 154 Å². The Balaban J connectivity index is 1.66. The lowest BCUT2D eigenvalue weighted by Crippen LogP contribution is -2.22. The molecule has 0 heterocycles. The quantitative estimate of drug-likeness (QED) is 0.679. The minimum atomic E-state index is -3.20. The highest BCUT2D eigenvalue weighted by Crippen LogP contribution is 2.16. The molecule has 0 spiro atoms. The highest BCUT2D eigenvalue weighted by Gasteiger charge is 2.07. The van der Waals surface area contributed by atoms with Crippen molar-refractivity contribution in [3.8, 4) is 11.5 Å². The van der Waals surface area contributed by atoms with Crippen LogP contribution in [0.3, 0.4) is 0 Å². The molecule has 26 heavy (non-hydrogen) atoms. The van der Waals surface area contributed by atoms with Crippen LogP contribution in [0.1, 0.15) is 18.4 Å². The first-order chi connectivity index (χ1) is 12.4. The van der Waals surface area contributed by atoms with Crippen LogP contribution in [-0.2, 0) is 21.2 Å². The van der Waals surface area contributed by atoms with Gasteiger partial charge in [-0.2, -0.15) is 0 Å². The van der Waals surface area contributed by atoms with Gasteiger partial charge in [0.05, 0.1) is 18.6 Å². The molecule has 2 rings (SSSR count). The second-order valence-electron chi connectivity index (χ2n) is 5.82. The van der Waals surface area contributed by atoms with E-state index in [-0.39, 0.29) is 10.8 Å². The van der Waals surface area contributed by atoms with Crippen molar-refractivity contribution < 1.29 is 22.7 Å². The van der Waals surface area contributed by atoms with Crippen LogP contribution in [0.25, 0.3) is 0 Å². The molecule has 0 saturated heterocycles. The normalized spacial score (nSPS) is 11.0. The summed E-state index contributed by atoms with van der Waals surface area (Å²) in [7, 11) is -1.59. The third-order valence-corrected chi connectivity index (χ3v) is 4.85. The zero-order valence-corrected chi connectivity index (χ0v) is 15.7.